The number of benzene rings is 3. The number of hydrogen-bond donors (Lipinski definition) is 0. The molecule has 0 radical (unpaired) electrons. The lowest BCUT2D eigenvalue weighted by atomic mass is 9.89. The summed E-state index contributed by atoms with van der Waals surface area (Å²) in [5, 5.41) is 0. The van der Waals surface area contributed by atoms with E-state index < -0.39 is 54.1 Å². The minimum atomic E-state index is -4.74. The fourth-order valence-electron chi connectivity index (χ4n) is 5.93. The summed E-state index contributed by atoms with van der Waals surface area (Å²) in [7, 11) is 1.41. The van der Waals surface area contributed by atoms with Gasteiger partial charge in [0.25, 0.3) is 0 Å². The van der Waals surface area contributed by atoms with Gasteiger partial charge in [-0.25, -0.2) is 9.69 Å². The normalized spacial score (nSPS) is 19.7. The van der Waals surface area contributed by atoms with Crippen LogP contribution in [0.2, 0.25) is 0 Å². The van der Waals surface area contributed by atoms with Gasteiger partial charge in [0.2, 0.25) is 11.8 Å². The van der Waals surface area contributed by atoms with Gasteiger partial charge in [-0.1, -0.05) is 60.7 Å². The standard InChI is InChI=1S/C34H35F3N2O5/c1-5-38(32(41)23-15-16-23)30(34(35,36)37)26-14-10-9-13-25(26)27-19-24(17-18-28(27)43-4)20(2)31(40)39-21(3)29(44-33(39)42)22-11-7-6-8-12-22/h6-14,17-21,23,29-30H,5,15-16H2,1-4H3/t20-,21+,29+,30?/m0/s1. The molecule has 0 N–H and O–H groups in total. The monoisotopic (exact) mass is 608 g/mol. The van der Waals surface area contributed by atoms with Crippen molar-refractivity contribution < 1.29 is 37.0 Å². The lowest BCUT2D eigenvalue weighted by molar-refractivity contribution is -0.192. The fraction of sp³-hybridized carbons (Fsp3) is 0.382. The average Bonchev–Trinajstić information content (AvgIpc) is 3.82. The van der Waals surface area contributed by atoms with E-state index in [-0.39, 0.29) is 17.7 Å². The molecule has 1 saturated heterocycles. The van der Waals surface area contributed by atoms with Crippen molar-refractivity contribution in [3.05, 3.63) is 89.5 Å². The summed E-state index contributed by atoms with van der Waals surface area (Å²) in [4.78, 5) is 41.6. The fourth-order valence-corrected chi connectivity index (χ4v) is 5.93. The molecule has 3 amide bonds. The van der Waals surface area contributed by atoms with E-state index in [1.165, 1.54) is 19.2 Å². The third-order valence-electron chi connectivity index (χ3n) is 8.45. The summed E-state index contributed by atoms with van der Waals surface area (Å²) in [6.45, 7) is 4.82. The van der Waals surface area contributed by atoms with Crippen LogP contribution in [0.25, 0.3) is 11.1 Å². The van der Waals surface area contributed by atoms with Crippen LogP contribution in [-0.4, -0.2) is 53.6 Å². The van der Waals surface area contributed by atoms with Gasteiger partial charge in [-0.05, 0) is 68.0 Å². The second kappa shape index (κ2) is 12.3. The zero-order valence-electron chi connectivity index (χ0n) is 25.0. The van der Waals surface area contributed by atoms with Crippen molar-refractivity contribution in [3.8, 4) is 16.9 Å². The van der Waals surface area contributed by atoms with Gasteiger partial charge >= 0.3 is 12.3 Å². The Labute approximate surface area is 254 Å². The van der Waals surface area contributed by atoms with Gasteiger partial charge in [0.05, 0.1) is 19.1 Å². The quantitative estimate of drug-likeness (QED) is 0.253. The van der Waals surface area contributed by atoms with Gasteiger partial charge in [0.15, 0.2) is 6.04 Å². The van der Waals surface area contributed by atoms with E-state index in [1.54, 1.807) is 51.1 Å². The van der Waals surface area contributed by atoms with Crippen LogP contribution < -0.4 is 4.74 Å². The predicted molar refractivity (Wildman–Crippen MR) is 158 cm³/mol. The minimum absolute atomic E-state index is 0.0901. The Balaban J connectivity index is 1.52. The van der Waals surface area contributed by atoms with Gasteiger partial charge in [-0.3, -0.25) is 9.59 Å². The van der Waals surface area contributed by atoms with E-state index in [0.717, 1.165) is 15.4 Å². The number of ether oxygens (including phenoxy) is 2. The Morgan fingerprint density at radius 3 is 2.30 bits per heavy atom. The predicted octanol–water partition coefficient (Wildman–Crippen LogP) is 7.44. The zero-order chi connectivity index (χ0) is 31.8. The van der Waals surface area contributed by atoms with Crippen molar-refractivity contribution in [3.63, 3.8) is 0 Å². The first-order valence-electron chi connectivity index (χ1n) is 14.7. The Bertz CT molecular complexity index is 1540. The lowest BCUT2D eigenvalue weighted by Crippen LogP contribution is -2.43. The van der Waals surface area contributed by atoms with E-state index in [0.29, 0.717) is 29.7 Å². The third-order valence-corrected chi connectivity index (χ3v) is 8.45. The molecular formula is C34H35F3N2O5. The van der Waals surface area contributed by atoms with Gasteiger partial charge in [-0.15, -0.1) is 0 Å². The number of methoxy groups -OCH3 is 1. The summed E-state index contributed by atoms with van der Waals surface area (Å²) in [5.41, 5.74) is 1.72. The van der Waals surface area contributed by atoms with E-state index in [2.05, 4.69) is 0 Å². The topological polar surface area (TPSA) is 76.2 Å². The second-order valence-electron chi connectivity index (χ2n) is 11.3. The maximum absolute atomic E-state index is 14.8. The van der Waals surface area contributed by atoms with Crippen LogP contribution in [0.15, 0.2) is 72.8 Å². The maximum atomic E-state index is 14.8. The molecule has 7 nitrogen and oxygen atoms in total. The van der Waals surface area contributed by atoms with Crippen molar-refractivity contribution >= 4 is 17.9 Å². The summed E-state index contributed by atoms with van der Waals surface area (Å²) in [6, 6.07) is 17.3. The number of nitrogens with zero attached hydrogens (tertiary/aromatic N) is 2. The molecule has 2 aliphatic rings. The number of cyclic esters (lactones) is 1. The molecule has 232 valence electrons. The molecular weight excluding hydrogens is 573 g/mol. The smallest absolute Gasteiger partial charge is 0.417 e. The van der Waals surface area contributed by atoms with E-state index in [4.69, 9.17) is 9.47 Å². The van der Waals surface area contributed by atoms with E-state index in [1.807, 2.05) is 30.3 Å². The average molecular weight is 609 g/mol. The van der Waals surface area contributed by atoms with Crippen LogP contribution in [0.4, 0.5) is 18.0 Å². The van der Waals surface area contributed by atoms with Crippen molar-refractivity contribution in [2.24, 2.45) is 5.92 Å². The summed E-state index contributed by atoms with van der Waals surface area (Å²) in [5.74, 6) is -1.93. The number of halogens is 3. The molecule has 1 saturated carbocycles. The van der Waals surface area contributed by atoms with Crippen molar-refractivity contribution in [2.75, 3.05) is 13.7 Å². The highest BCUT2D eigenvalue weighted by Crippen LogP contribution is 2.46. The van der Waals surface area contributed by atoms with Crippen LogP contribution in [0, 0.1) is 5.92 Å². The van der Waals surface area contributed by atoms with Gasteiger partial charge < -0.3 is 14.4 Å². The number of amides is 3. The minimum Gasteiger partial charge on any atom is -0.496 e. The molecule has 1 heterocycles. The molecule has 4 atom stereocenters. The first-order chi connectivity index (χ1) is 21.0. The summed E-state index contributed by atoms with van der Waals surface area (Å²) in [6.07, 6.45) is -4.96. The molecule has 2 fully saturated rings. The first-order valence-corrected chi connectivity index (χ1v) is 14.7. The molecule has 5 rings (SSSR count). The molecule has 1 aliphatic carbocycles. The van der Waals surface area contributed by atoms with Crippen LogP contribution in [-0.2, 0) is 14.3 Å². The van der Waals surface area contributed by atoms with E-state index >= 15 is 0 Å². The Hall–Kier alpha value is -4.34. The SMILES string of the molecule is CCN(C(=O)C1CC1)C(c1ccccc1-c1cc([C@H](C)C(=O)N2C(=O)O[C@@H](c3ccccc3)[C@H]2C)ccc1OC)C(F)(F)F. The van der Waals surface area contributed by atoms with Crippen LogP contribution in [0.3, 0.4) is 0 Å². The van der Waals surface area contributed by atoms with Crippen molar-refractivity contribution in [1.82, 2.24) is 9.80 Å². The largest absolute Gasteiger partial charge is 0.496 e. The number of carbonyl (C=O) groups excluding carboxylic acids is 3. The Morgan fingerprint density at radius 1 is 1.02 bits per heavy atom. The highest BCUT2D eigenvalue weighted by atomic mass is 19.4. The van der Waals surface area contributed by atoms with Gasteiger partial charge in [-0.2, -0.15) is 13.2 Å². The number of carbonyl (C=O) groups is 3. The van der Waals surface area contributed by atoms with E-state index in [9.17, 15) is 27.6 Å². The third kappa shape index (κ3) is 5.89. The van der Waals surface area contributed by atoms with Gasteiger partial charge in [0, 0.05) is 18.0 Å². The molecule has 1 aliphatic heterocycles. The first kappa shape index (κ1) is 31.1. The number of imide groups is 1. The van der Waals surface area contributed by atoms with Crippen molar-refractivity contribution in [2.45, 2.75) is 63.9 Å². The molecule has 44 heavy (non-hydrogen) atoms. The molecule has 0 spiro atoms. The van der Waals surface area contributed by atoms with Crippen LogP contribution in [0.1, 0.15) is 68.4 Å². The molecule has 10 heteroatoms. The summed E-state index contributed by atoms with van der Waals surface area (Å²) >= 11 is 0. The molecule has 3 aromatic carbocycles. The number of hydrogen-bond acceptors (Lipinski definition) is 5. The maximum Gasteiger partial charge on any atom is 0.417 e. The lowest BCUT2D eigenvalue weighted by Gasteiger charge is -2.34. The highest BCUT2D eigenvalue weighted by molar-refractivity contribution is 5.97. The van der Waals surface area contributed by atoms with Crippen LogP contribution in [0.5, 0.6) is 5.75 Å². The molecule has 0 aromatic heterocycles. The number of rotatable bonds is 9. The molecule has 0 bridgehead atoms. The highest BCUT2D eigenvalue weighted by Gasteiger charge is 2.49. The van der Waals surface area contributed by atoms with Crippen molar-refractivity contribution in [1.29, 1.82) is 0 Å². The van der Waals surface area contributed by atoms with Crippen LogP contribution >= 0.6 is 0 Å². The summed E-state index contributed by atoms with van der Waals surface area (Å²) < 4.78 is 55.4. The Morgan fingerprint density at radius 2 is 1.68 bits per heavy atom. The molecule has 1 unspecified atom stereocenters. The second-order valence-corrected chi connectivity index (χ2v) is 11.3. The number of alkyl halides is 3. The van der Waals surface area contributed by atoms with Gasteiger partial charge in [0.1, 0.15) is 11.9 Å². The Kier molecular flexibility index (Phi) is 8.72. The zero-order valence-corrected chi connectivity index (χ0v) is 25.0. The molecule has 3 aromatic rings.